The lowest BCUT2D eigenvalue weighted by Gasteiger charge is -2.34. The van der Waals surface area contributed by atoms with Gasteiger partial charge < -0.3 is 28.6 Å². The second-order valence-electron chi connectivity index (χ2n) is 14.1. The average Bonchev–Trinajstić information content (AvgIpc) is 3.06. The van der Waals surface area contributed by atoms with Crippen LogP contribution in [0.1, 0.15) is 149 Å². The summed E-state index contributed by atoms with van der Waals surface area (Å²) >= 11 is 0. The molecule has 0 aliphatic carbocycles. The number of carboxylic acids is 1. The number of nitrogens with zero attached hydrogens (tertiary/aromatic N) is 1. The fourth-order valence-electron chi connectivity index (χ4n) is 5.41. The lowest BCUT2D eigenvalue weighted by atomic mass is 10.1. The summed E-state index contributed by atoms with van der Waals surface area (Å²) in [5, 5.41) is 11.6. The monoisotopic (exact) mass is 704 g/mol. The zero-order chi connectivity index (χ0) is 37.1. The normalized spacial score (nSPS) is 13.5. The van der Waals surface area contributed by atoms with Crippen LogP contribution >= 0.6 is 0 Å². The van der Waals surface area contributed by atoms with Crippen LogP contribution in [-0.2, 0) is 28.6 Å². The van der Waals surface area contributed by atoms with Crippen LogP contribution in [0.5, 0.6) is 0 Å². The molecule has 0 rings (SSSR count). The first-order chi connectivity index (χ1) is 24.1. The molecular formula is C42H73NO7. The van der Waals surface area contributed by atoms with Gasteiger partial charge in [0.25, 0.3) is 0 Å². The highest BCUT2D eigenvalue weighted by atomic mass is 16.6. The highest BCUT2D eigenvalue weighted by molar-refractivity contribution is 5.70. The Morgan fingerprint density at radius 3 is 1.66 bits per heavy atom. The van der Waals surface area contributed by atoms with E-state index < -0.39 is 18.1 Å². The predicted octanol–water partition coefficient (Wildman–Crippen LogP) is 8.74. The Labute approximate surface area is 306 Å². The molecule has 0 aliphatic heterocycles. The molecule has 0 saturated heterocycles. The summed E-state index contributed by atoms with van der Waals surface area (Å²) in [6, 6.07) is -0.729. The second-order valence-corrected chi connectivity index (χ2v) is 14.1. The molecule has 0 aromatic rings. The van der Waals surface area contributed by atoms with Gasteiger partial charge in [0.05, 0.1) is 40.3 Å². The fourth-order valence-corrected chi connectivity index (χ4v) is 5.41. The number of rotatable bonds is 34. The lowest BCUT2D eigenvalue weighted by Crippen LogP contribution is -2.55. The van der Waals surface area contributed by atoms with Gasteiger partial charge in [-0.05, 0) is 51.4 Å². The van der Waals surface area contributed by atoms with Crippen LogP contribution in [-0.4, -0.2) is 75.5 Å². The average molecular weight is 704 g/mol. The van der Waals surface area contributed by atoms with Crippen LogP contribution in [0, 0.1) is 0 Å². The van der Waals surface area contributed by atoms with E-state index in [2.05, 4.69) is 62.5 Å². The van der Waals surface area contributed by atoms with Gasteiger partial charge in [0.2, 0.25) is 0 Å². The Morgan fingerprint density at radius 1 is 0.620 bits per heavy atom. The summed E-state index contributed by atoms with van der Waals surface area (Å²) in [6.07, 6.45) is 37.1. The zero-order valence-electron chi connectivity index (χ0n) is 32.5. The fraction of sp³-hybridized carbons (Fsp3) is 0.738. The summed E-state index contributed by atoms with van der Waals surface area (Å²) in [7, 11) is 5.38. The van der Waals surface area contributed by atoms with E-state index in [0.29, 0.717) is 12.8 Å². The van der Waals surface area contributed by atoms with Crippen molar-refractivity contribution in [3.05, 3.63) is 48.6 Å². The third-order valence-electron chi connectivity index (χ3n) is 8.48. The van der Waals surface area contributed by atoms with Crippen molar-refractivity contribution in [3.63, 3.8) is 0 Å². The molecule has 0 amide bonds. The van der Waals surface area contributed by atoms with E-state index in [4.69, 9.17) is 14.2 Å². The number of carboxylic acid groups (broad SMARTS) is 1. The van der Waals surface area contributed by atoms with E-state index in [-0.39, 0.29) is 42.7 Å². The number of quaternary nitrogens is 1. The number of carbonyl (C=O) groups excluding carboxylic acids is 3. The minimum absolute atomic E-state index is 0.0306. The first-order valence-electron chi connectivity index (χ1n) is 19.7. The van der Waals surface area contributed by atoms with E-state index in [0.717, 1.165) is 70.6 Å². The van der Waals surface area contributed by atoms with Crippen molar-refractivity contribution >= 4 is 17.9 Å². The molecule has 0 heterocycles. The molecular weight excluding hydrogens is 630 g/mol. The maximum Gasteiger partial charge on any atom is 0.306 e. The Hall–Kier alpha value is -2.71. The number of ether oxygens (including phenoxy) is 3. The number of hydrogen-bond donors (Lipinski definition) is 0. The van der Waals surface area contributed by atoms with E-state index in [1.165, 1.54) is 44.9 Å². The van der Waals surface area contributed by atoms with Gasteiger partial charge in [-0.25, -0.2) is 0 Å². The minimum Gasteiger partial charge on any atom is -0.544 e. The highest BCUT2D eigenvalue weighted by Gasteiger charge is 2.25. The molecule has 0 fully saturated rings. The summed E-state index contributed by atoms with van der Waals surface area (Å²) in [5.41, 5.74) is 0. The number of likely N-dealkylation sites (N-methyl/N-ethyl adjacent to an activating group) is 1. The Balaban J connectivity index is 4.44. The SMILES string of the molecule is CC/C=C/C/C=C/C/C=C/C/C=C/CCCCCC(=O)OCC(COCCC(C(=O)[O-])[N+](C)(C)C)OC(=O)CCCCCCCCCCCC. The van der Waals surface area contributed by atoms with Crippen molar-refractivity contribution in [1.82, 2.24) is 0 Å². The van der Waals surface area contributed by atoms with E-state index in [1.807, 2.05) is 0 Å². The minimum atomic E-state index is -1.13. The van der Waals surface area contributed by atoms with Crippen molar-refractivity contribution in [1.29, 1.82) is 0 Å². The third kappa shape index (κ3) is 31.3. The molecule has 8 heteroatoms. The van der Waals surface area contributed by atoms with Gasteiger partial charge in [0.1, 0.15) is 12.6 Å². The maximum atomic E-state index is 12.6. The van der Waals surface area contributed by atoms with Gasteiger partial charge in [-0.15, -0.1) is 0 Å². The van der Waals surface area contributed by atoms with Crippen LogP contribution in [0.4, 0.5) is 0 Å². The molecule has 0 spiro atoms. The number of aliphatic carboxylic acids is 1. The third-order valence-corrected chi connectivity index (χ3v) is 8.48. The maximum absolute atomic E-state index is 12.6. The van der Waals surface area contributed by atoms with Gasteiger partial charge in [0, 0.05) is 19.3 Å². The molecule has 288 valence electrons. The summed E-state index contributed by atoms with van der Waals surface area (Å²) in [6.45, 7) is 4.48. The van der Waals surface area contributed by atoms with Crippen molar-refractivity contribution in [2.75, 3.05) is 41.0 Å². The van der Waals surface area contributed by atoms with Gasteiger partial charge in [-0.1, -0.05) is 127 Å². The van der Waals surface area contributed by atoms with Gasteiger partial charge in [0.15, 0.2) is 6.10 Å². The Kier molecular flexibility index (Phi) is 31.6. The Bertz CT molecular complexity index is 964. The molecule has 8 nitrogen and oxygen atoms in total. The standard InChI is InChI=1S/C42H73NO7/c1-6-8-10-12-14-16-18-19-20-21-22-23-25-26-28-30-32-40(44)49-37-38(36-48-35-34-39(42(46)47)43(3,4)5)50-41(45)33-31-29-27-24-17-15-13-11-9-7-2/h8,10,14,16,19-20,22-23,38-39H,6-7,9,11-13,15,17-18,21,24-37H2,1-5H3/b10-8+,16-14+,20-19+,23-22+. The van der Waals surface area contributed by atoms with Crippen molar-refractivity contribution in [2.24, 2.45) is 0 Å². The molecule has 50 heavy (non-hydrogen) atoms. The number of allylic oxidation sites excluding steroid dienone is 8. The smallest absolute Gasteiger partial charge is 0.306 e. The van der Waals surface area contributed by atoms with Crippen molar-refractivity contribution in [3.8, 4) is 0 Å². The summed E-state index contributed by atoms with van der Waals surface area (Å²) < 4.78 is 17.1. The molecule has 0 radical (unpaired) electrons. The molecule has 0 aromatic heterocycles. The first kappa shape index (κ1) is 47.3. The van der Waals surface area contributed by atoms with Crippen molar-refractivity contribution < 1.29 is 38.2 Å². The number of hydrogen-bond acceptors (Lipinski definition) is 7. The van der Waals surface area contributed by atoms with E-state index in [9.17, 15) is 19.5 Å². The van der Waals surface area contributed by atoms with Crippen molar-refractivity contribution in [2.45, 2.75) is 161 Å². The zero-order valence-corrected chi connectivity index (χ0v) is 32.5. The second kappa shape index (κ2) is 33.4. The van der Waals surface area contributed by atoms with Gasteiger partial charge in [-0.3, -0.25) is 9.59 Å². The van der Waals surface area contributed by atoms with Crippen LogP contribution in [0.25, 0.3) is 0 Å². The molecule has 0 aromatic carbocycles. The molecule has 0 saturated carbocycles. The molecule has 0 N–H and O–H groups in total. The van der Waals surface area contributed by atoms with Gasteiger partial charge >= 0.3 is 11.9 Å². The molecule has 0 bridgehead atoms. The molecule has 2 atom stereocenters. The highest BCUT2D eigenvalue weighted by Crippen LogP contribution is 2.13. The molecule has 0 aliphatic rings. The molecule has 2 unspecified atom stereocenters. The van der Waals surface area contributed by atoms with Crippen LogP contribution in [0.2, 0.25) is 0 Å². The topological polar surface area (TPSA) is 102 Å². The number of esters is 2. The van der Waals surface area contributed by atoms with Gasteiger partial charge in [-0.2, -0.15) is 0 Å². The number of carbonyl (C=O) groups is 3. The van der Waals surface area contributed by atoms with Crippen LogP contribution in [0.3, 0.4) is 0 Å². The summed E-state index contributed by atoms with van der Waals surface area (Å²) in [5.74, 6) is -1.78. The Morgan fingerprint density at radius 2 is 1.12 bits per heavy atom. The largest absolute Gasteiger partial charge is 0.544 e. The van der Waals surface area contributed by atoms with Crippen LogP contribution < -0.4 is 5.11 Å². The quantitative estimate of drug-likeness (QED) is 0.0286. The number of unbranched alkanes of at least 4 members (excludes halogenated alkanes) is 12. The van der Waals surface area contributed by atoms with E-state index >= 15 is 0 Å². The van der Waals surface area contributed by atoms with Crippen LogP contribution in [0.15, 0.2) is 48.6 Å². The predicted molar refractivity (Wildman–Crippen MR) is 203 cm³/mol. The first-order valence-corrected chi connectivity index (χ1v) is 19.7. The van der Waals surface area contributed by atoms with E-state index in [1.54, 1.807) is 21.1 Å². The lowest BCUT2D eigenvalue weighted by molar-refractivity contribution is -0.889. The summed E-state index contributed by atoms with van der Waals surface area (Å²) in [4.78, 5) is 36.6.